The van der Waals surface area contributed by atoms with Gasteiger partial charge in [0.05, 0.1) is 6.42 Å². The van der Waals surface area contributed by atoms with Crippen molar-refractivity contribution >= 4 is 17.3 Å². The Kier molecular flexibility index (Phi) is 11.1. The first-order chi connectivity index (χ1) is 18.5. The second-order valence-corrected chi connectivity index (χ2v) is 12.9. The number of ketones is 3. The van der Waals surface area contributed by atoms with Crippen molar-refractivity contribution in [2.45, 2.75) is 132 Å². The van der Waals surface area contributed by atoms with Gasteiger partial charge in [0, 0.05) is 17.9 Å². The number of aryl methyl sites for hydroxylation is 1. The summed E-state index contributed by atoms with van der Waals surface area (Å²) in [7, 11) is 0. The van der Waals surface area contributed by atoms with Gasteiger partial charge in [-0.25, -0.2) is 0 Å². The highest BCUT2D eigenvalue weighted by atomic mass is 16.1. The van der Waals surface area contributed by atoms with Crippen molar-refractivity contribution in [3.8, 4) is 0 Å². The second kappa shape index (κ2) is 13.9. The van der Waals surface area contributed by atoms with E-state index in [4.69, 9.17) is 0 Å². The van der Waals surface area contributed by atoms with E-state index in [1.807, 2.05) is 0 Å². The molecule has 1 aromatic carbocycles. The van der Waals surface area contributed by atoms with E-state index in [1.54, 1.807) is 0 Å². The molecule has 3 atom stereocenters. The zero-order valence-electron chi connectivity index (χ0n) is 26.0. The molecule has 3 nitrogen and oxygen atoms in total. The van der Waals surface area contributed by atoms with E-state index >= 15 is 0 Å². The first-order valence-corrected chi connectivity index (χ1v) is 15.5. The summed E-state index contributed by atoms with van der Waals surface area (Å²) in [5.74, 6) is 1.10. The Balaban J connectivity index is 1.81. The SMILES string of the molecule is CCCC(CC1CC(=O)c2c(C)c(CCCC3=CC(C)=C(C)C3)cc(C(C)C)c2C1)C(CC)C(=O)CC(C)=O. The molecule has 2 aliphatic carbocycles. The largest absolute Gasteiger partial charge is 0.300 e. The van der Waals surface area contributed by atoms with Crippen molar-refractivity contribution < 1.29 is 14.4 Å². The third kappa shape index (κ3) is 7.68. The molecule has 2 aliphatic rings. The minimum absolute atomic E-state index is 0.0393. The molecule has 0 fully saturated rings. The van der Waals surface area contributed by atoms with E-state index in [-0.39, 0.29) is 41.5 Å². The molecule has 0 N–H and O–H groups in total. The van der Waals surface area contributed by atoms with Crippen LogP contribution in [0.1, 0.15) is 145 Å². The van der Waals surface area contributed by atoms with E-state index in [2.05, 4.69) is 60.6 Å². The number of benzene rings is 1. The van der Waals surface area contributed by atoms with Crippen LogP contribution in [0, 0.1) is 24.7 Å². The Hall–Kier alpha value is -2.29. The third-order valence-electron chi connectivity index (χ3n) is 9.38. The van der Waals surface area contributed by atoms with E-state index in [0.717, 1.165) is 63.4 Å². The summed E-state index contributed by atoms with van der Waals surface area (Å²) >= 11 is 0. The zero-order chi connectivity index (χ0) is 28.9. The number of hydrogen-bond donors (Lipinski definition) is 0. The number of fused-ring (bicyclic) bond motifs is 1. The second-order valence-electron chi connectivity index (χ2n) is 12.9. The molecule has 0 aliphatic heterocycles. The Morgan fingerprint density at radius 2 is 1.77 bits per heavy atom. The Labute approximate surface area is 237 Å². The average Bonchev–Trinajstić information content (AvgIpc) is 3.16. The van der Waals surface area contributed by atoms with E-state index < -0.39 is 0 Å². The predicted molar refractivity (Wildman–Crippen MR) is 163 cm³/mol. The summed E-state index contributed by atoms with van der Waals surface area (Å²) in [4.78, 5) is 38.3. The van der Waals surface area contributed by atoms with E-state index in [0.29, 0.717) is 12.3 Å². The van der Waals surface area contributed by atoms with E-state index in [9.17, 15) is 14.4 Å². The maximum Gasteiger partial charge on any atom is 0.163 e. The highest BCUT2D eigenvalue weighted by Crippen LogP contribution is 2.40. The van der Waals surface area contributed by atoms with Crippen LogP contribution in [0.4, 0.5) is 0 Å². The molecular formula is C36H52O3. The van der Waals surface area contributed by atoms with Crippen LogP contribution >= 0.6 is 0 Å². The van der Waals surface area contributed by atoms with Gasteiger partial charge in [-0.1, -0.05) is 69.4 Å². The van der Waals surface area contributed by atoms with Gasteiger partial charge < -0.3 is 0 Å². The molecule has 0 spiro atoms. The lowest BCUT2D eigenvalue weighted by atomic mass is 9.70. The Bertz CT molecular complexity index is 1150. The number of allylic oxidation sites excluding steroid dienone is 4. The minimum atomic E-state index is -0.0863. The number of hydrogen-bond acceptors (Lipinski definition) is 3. The highest BCUT2D eigenvalue weighted by Gasteiger charge is 2.34. The van der Waals surface area contributed by atoms with Crippen molar-refractivity contribution in [3.05, 3.63) is 56.7 Å². The van der Waals surface area contributed by atoms with Crippen molar-refractivity contribution in [2.24, 2.45) is 17.8 Å². The molecule has 0 bridgehead atoms. The molecule has 3 rings (SSSR count). The first-order valence-electron chi connectivity index (χ1n) is 15.5. The van der Waals surface area contributed by atoms with Crippen LogP contribution in [-0.4, -0.2) is 17.3 Å². The van der Waals surface area contributed by atoms with Gasteiger partial charge in [0.2, 0.25) is 0 Å². The zero-order valence-corrected chi connectivity index (χ0v) is 26.0. The lowest BCUT2D eigenvalue weighted by Gasteiger charge is -2.33. The van der Waals surface area contributed by atoms with Crippen LogP contribution < -0.4 is 0 Å². The maximum absolute atomic E-state index is 13.7. The normalized spacial score (nSPS) is 18.8. The standard InChI is InChI=1S/C36H52O3/c1-9-12-30(31(10-2)34(38)17-25(7)37)18-28-19-33-32(22(3)4)21-29(26(8)36(33)35(39)20-28)14-11-13-27-15-23(5)24(6)16-27/h15,21-22,28,30-31H,9-14,16-20H2,1-8H3. The fraction of sp³-hybridized carbons (Fsp3) is 0.639. The molecule has 0 heterocycles. The summed E-state index contributed by atoms with van der Waals surface area (Å²) in [6.45, 7) is 16.8. The van der Waals surface area contributed by atoms with Crippen LogP contribution in [0.25, 0.3) is 0 Å². The highest BCUT2D eigenvalue weighted by molar-refractivity contribution is 6.01. The number of rotatable bonds is 14. The van der Waals surface area contributed by atoms with Gasteiger partial charge in [-0.15, -0.1) is 0 Å². The van der Waals surface area contributed by atoms with Crippen molar-refractivity contribution in [3.63, 3.8) is 0 Å². The van der Waals surface area contributed by atoms with Crippen LogP contribution in [0.2, 0.25) is 0 Å². The first kappa shape index (κ1) is 31.2. The third-order valence-corrected chi connectivity index (χ3v) is 9.38. The van der Waals surface area contributed by atoms with Gasteiger partial charge in [-0.3, -0.25) is 14.4 Å². The van der Waals surface area contributed by atoms with Crippen molar-refractivity contribution in [1.82, 2.24) is 0 Å². The molecular weight excluding hydrogens is 480 g/mol. The van der Waals surface area contributed by atoms with Gasteiger partial charge in [-0.05, 0) is 113 Å². The average molecular weight is 533 g/mol. The van der Waals surface area contributed by atoms with Gasteiger partial charge in [0.1, 0.15) is 11.6 Å². The summed E-state index contributed by atoms with van der Waals surface area (Å²) in [6.07, 6.45) is 11.9. The van der Waals surface area contributed by atoms with Crippen LogP contribution in [0.15, 0.2) is 28.9 Å². The quantitative estimate of drug-likeness (QED) is 0.224. The molecule has 0 saturated heterocycles. The monoisotopic (exact) mass is 532 g/mol. The molecule has 0 radical (unpaired) electrons. The lowest BCUT2D eigenvalue weighted by Crippen LogP contribution is -2.30. The Morgan fingerprint density at radius 3 is 2.33 bits per heavy atom. The van der Waals surface area contributed by atoms with Crippen LogP contribution in [0.5, 0.6) is 0 Å². The predicted octanol–water partition coefficient (Wildman–Crippen LogP) is 9.23. The molecule has 1 aromatic rings. The van der Waals surface area contributed by atoms with Crippen molar-refractivity contribution in [1.29, 1.82) is 0 Å². The summed E-state index contributed by atoms with van der Waals surface area (Å²) < 4.78 is 0. The molecule has 0 aromatic heterocycles. The fourth-order valence-electron chi connectivity index (χ4n) is 7.29. The van der Waals surface area contributed by atoms with Gasteiger partial charge >= 0.3 is 0 Å². The summed E-state index contributed by atoms with van der Waals surface area (Å²) in [6, 6.07) is 2.40. The van der Waals surface area contributed by atoms with Crippen LogP contribution in [-0.2, 0) is 22.4 Å². The molecule has 3 heteroatoms. The Morgan fingerprint density at radius 1 is 1.05 bits per heavy atom. The summed E-state index contributed by atoms with van der Waals surface area (Å²) in [5, 5.41) is 0. The molecule has 0 amide bonds. The van der Waals surface area contributed by atoms with Crippen molar-refractivity contribution in [2.75, 3.05) is 0 Å². The molecule has 3 unspecified atom stereocenters. The molecule has 0 saturated carbocycles. The number of carbonyl (C=O) groups excluding carboxylic acids is 3. The van der Waals surface area contributed by atoms with Gasteiger partial charge in [0.25, 0.3) is 0 Å². The number of carbonyl (C=O) groups is 3. The topological polar surface area (TPSA) is 51.2 Å². The summed E-state index contributed by atoms with van der Waals surface area (Å²) in [5.41, 5.74) is 10.6. The van der Waals surface area contributed by atoms with E-state index in [1.165, 1.54) is 45.9 Å². The molecule has 39 heavy (non-hydrogen) atoms. The maximum atomic E-state index is 13.7. The minimum Gasteiger partial charge on any atom is -0.300 e. The van der Waals surface area contributed by atoms with Gasteiger partial charge in [-0.2, -0.15) is 0 Å². The smallest absolute Gasteiger partial charge is 0.163 e. The van der Waals surface area contributed by atoms with Gasteiger partial charge in [0.15, 0.2) is 5.78 Å². The molecule has 214 valence electrons. The number of Topliss-reactive ketones (excluding diaryl/α,β-unsaturated/α-hetero) is 3. The fourth-order valence-corrected chi connectivity index (χ4v) is 7.29. The van der Waals surface area contributed by atoms with Crippen LogP contribution in [0.3, 0.4) is 0 Å². The lowest BCUT2D eigenvalue weighted by molar-refractivity contribution is -0.129.